The third kappa shape index (κ3) is 7.33. The molecule has 1 amide bonds. The van der Waals surface area contributed by atoms with E-state index >= 15 is 0 Å². The Morgan fingerprint density at radius 1 is 1.03 bits per heavy atom. The number of anilines is 4. The van der Waals surface area contributed by atoms with E-state index < -0.39 is 30.6 Å². The molecule has 0 saturated carbocycles. The average Bonchev–Trinajstić information content (AvgIpc) is 2.88. The van der Waals surface area contributed by atoms with Gasteiger partial charge in [0.1, 0.15) is 18.5 Å². The fourth-order valence-electron chi connectivity index (χ4n) is 3.54. The number of hydroxylamine groups is 1. The molecule has 1 heterocycles. The SMILES string of the molecule is CCP(=O)(CC)c1ccccc1Nc1nc(Nc2ccc(C(=O)NOCC(C)C)cc2)ncc1C(F)(F)F. The molecule has 8 nitrogen and oxygen atoms in total. The highest BCUT2D eigenvalue weighted by Crippen LogP contribution is 2.46. The van der Waals surface area contributed by atoms with E-state index in [4.69, 9.17) is 4.84 Å². The molecule has 1 aromatic heterocycles. The van der Waals surface area contributed by atoms with Gasteiger partial charge in [0.2, 0.25) is 5.95 Å². The molecule has 3 aromatic rings. The molecule has 12 heteroatoms. The van der Waals surface area contributed by atoms with Crippen molar-refractivity contribution in [3.63, 3.8) is 0 Å². The Labute approximate surface area is 219 Å². The molecule has 0 bridgehead atoms. The maximum atomic E-state index is 13.8. The number of halogens is 3. The van der Waals surface area contributed by atoms with Crippen molar-refractivity contribution in [3.05, 3.63) is 65.9 Å². The lowest BCUT2D eigenvalue weighted by Gasteiger charge is -2.21. The zero-order chi connectivity index (χ0) is 27.9. The van der Waals surface area contributed by atoms with E-state index in [1.807, 2.05) is 13.8 Å². The Hall–Kier alpha value is -3.43. The molecule has 0 atom stereocenters. The Morgan fingerprint density at radius 2 is 1.68 bits per heavy atom. The van der Waals surface area contributed by atoms with E-state index in [1.165, 1.54) is 12.1 Å². The summed E-state index contributed by atoms with van der Waals surface area (Å²) in [4.78, 5) is 25.2. The number of aromatic nitrogens is 2. The Balaban J connectivity index is 1.86. The second-order valence-electron chi connectivity index (χ2n) is 8.96. The summed E-state index contributed by atoms with van der Waals surface area (Å²) in [6.45, 7) is 7.85. The van der Waals surface area contributed by atoms with E-state index in [2.05, 4.69) is 26.1 Å². The number of alkyl halides is 3. The molecule has 3 N–H and O–H groups in total. The van der Waals surface area contributed by atoms with Crippen LogP contribution in [0.25, 0.3) is 0 Å². The van der Waals surface area contributed by atoms with Crippen LogP contribution in [-0.4, -0.2) is 34.8 Å². The maximum absolute atomic E-state index is 13.8. The molecule has 0 saturated heterocycles. The second-order valence-corrected chi connectivity index (χ2v) is 12.5. The van der Waals surface area contributed by atoms with E-state index in [0.717, 1.165) is 0 Å². The number of nitrogens with one attached hydrogen (secondary N) is 3. The van der Waals surface area contributed by atoms with Crippen molar-refractivity contribution in [2.75, 3.05) is 29.6 Å². The molecule has 0 aliphatic carbocycles. The van der Waals surface area contributed by atoms with Gasteiger partial charge < -0.3 is 15.2 Å². The van der Waals surface area contributed by atoms with Gasteiger partial charge in [-0.1, -0.05) is 39.8 Å². The van der Waals surface area contributed by atoms with Gasteiger partial charge in [0, 0.05) is 35.1 Å². The molecule has 0 fully saturated rings. The predicted molar refractivity (Wildman–Crippen MR) is 143 cm³/mol. The zero-order valence-corrected chi connectivity index (χ0v) is 22.5. The molecule has 204 valence electrons. The summed E-state index contributed by atoms with van der Waals surface area (Å²) >= 11 is 0. The number of para-hydroxylation sites is 1. The summed E-state index contributed by atoms with van der Waals surface area (Å²) in [7, 11) is -2.80. The number of hydrogen-bond acceptors (Lipinski definition) is 7. The van der Waals surface area contributed by atoms with Crippen LogP contribution in [0.5, 0.6) is 0 Å². The largest absolute Gasteiger partial charge is 0.421 e. The van der Waals surface area contributed by atoms with Gasteiger partial charge in [-0.2, -0.15) is 18.2 Å². The van der Waals surface area contributed by atoms with E-state index in [0.29, 0.717) is 47.4 Å². The number of carbonyl (C=O) groups excluding carboxylic acids is 1. The summed E-state index contributed by atoms with van der Waals surface area (Å²) in [6.07, 6.45) is -3.28. The molecule has 0 aliphatic heterocycles. The summed E-state index contributed by atoms with van der Waals surface area (Å²) in [5.74, 6) is -0.741. The number of hydrogen-bond donors (Lipinski definition) is 3. The summed E-state index contributed by atoms with van der Waals surface area (Å²) in [6, 6.07) is 12.8. The highest BCUT2D eigenvalue weighted by molar-refractivity contribution is 7.71. The number of benzene rings is 2. The monoisotopic (exact) mass is 549 g/mol. The van der Waals surface area contributed by atoms with Crippen LogP contribution < -0.4 is 21.4 Å². The Morgan fingerprint density at radius 3 is 2.29 bits per heavy atom. The van der Waals surface area contributed by atoms with E-state index in [-0.39, 0.29) is 11.9 Å². The number of nitrogens with zero attached hydrogens (tertiary/aromatic N) is 2. The number of amides is 1. The zero-order valence-electron chi connectivity index (χ0n) is 21.6. The van der Waals surface area contributed by atoms with Crippen molar-refractivity contribution in [1.82, 2.24) is 15.4 Å². The van der Waals surface area contributed by atoms with Crippen LogP contribution in [0.4, 0.5) is 36.3 Å². The highest BCUT2D eigenvalue weighted by Gasteiger charge is 2.36. The van der Waals surface area contributed by atoms with Crippen molar-refractivity contribution in [1.29, 1.82) is 0 Å². The smallest absolute Gasteiger partial charge is 0.339 e. The van der Waals surface area contributed by atoms with Crippen LogP contribution in [0.3, 0.4) is 0 Å². The summed E-state index contributed by atoms with van der Waals surface area (Å²) in [5, 5.41) is 6.07. The topological polar surface area (TPSA) is 105 Å². The number of rotatable bonds is 11. The minimum Gasteiger partial charge on any atom is -0.339 e. The summed E-state index contributed by atoms with van der Waals surface area (Å²) < 4.78 is 54.7. The van der Waals surface area contributed by atoms with Crippen LogP contribution in [-0.2, 0) is 15.6 Å². The quantitative estimate of drug-likeness (QED) is 0.190. The third-order valence-electron chi connectivity index (χ3n) is 5.70. The van der Waals surface area contributed by atoms with Crippen LogP contribution in [0, 0.1) is 5.92 Å². The molecule has 0 spiro atoms. The molecule has 3 rings (SSSR count). The molecular weight excluding hydrogens is 518 g/mol. The first-order chi connectivity index (χ1) is 18.0. The normalized spacial score (nSPS) is 11.9. The van der Waals surface area contributed by atoms with Crippen LogP contribution in [0.1, 0.15) is 43.6 Å². The fourth-order valence-corrected chi connectivity index (χ4v) is 5.59. The molecule has 2 aromatic carbocycles. The average molecular weight is 550 g/mol. The minimum absolute atomic E-state index is 0.0929. The lowest BCUT2D eigenvalue weighted by molar-refractivity contribution is -0.137. The maximum Gasteiger partial charge on any atom is 0.421 e. The highest BCUT2D eigenvalue weighted by atomic mass is 31.2. The van der Waals surface area contributed by atoms with E-state index in [9.17, 15) is 22.5 Å². The Kier molecular flexibility index (Phi) is 9.51. The molecule has 38 heavy (non-hydrogen) atoms. The van der Waals surface area contributed by atoms with Gasteiger partial charge in [0.05, 0.1) is 12.3 Å². The first-order valence-electron chi connectivity index (χ1n) is 12.1. The van der Waals surface area contributed by atoms with Crippen molar-refractivity contribution < 1.29 is 27.4 Å². The first kappa shape index (κ1) is 29.1. The Bertz CT molecular complexity index is 1290. The number of carbonyl (C=O) groups is 1. The van der Waals surface area contributed by atoms with Crippen molar-refractivity contribution >= 4 is 41.5 Å². The van der Waals surface area contributed by atoms with Gasteiger partial charge in [0.25, 0.3) is 5.91 Å². The molecule has 0 radical (unpaired) electrons. The van der Waals surface area contributed by atoms with Gasteiger partial charge in [-0.15, -0.1) is 0 Å². The third-order valence-corrected chi connectivity index (χ3v) is 9.01. The standard InChI is InChI=1S/C26H31F3N5O3P/c1-5-38(36,6-2)22-10-8-7-9-21(22)32-23-20(26(27,28)29)15-30-25(33-23)31-19-13-11-18(12-14-19)24(35)34-37-16-17(3)4/h7-15,17H,5-6,16H2,1-4H3,(H,34,35)(H2,30,31,32,33). The van der Waals surface area contributed by atoms with Crippen molar-refractivity contribution in [3.8, 4) is 0 Å². The van der Waals surface area contributed by atoms with Gasteiger partial charge in [-0.3, -0.25) is 9.63 Å². The van der Waals surface area contributed by atoms with Crippen LogP contribution >= 0.6 is 7.14 Å². The van der Waals surface area contributed by atoms with Crippen LogP contribution in [0.2, 0.25) is 0 Å². The summed E-state index contributed by atoms with van der Waals surface area (Å²) in [5.41, 5.74) is 2.38. The van der Waals surface area contributed by atoms with Gasteiger partial charge in [-0.25, -0.2) is 10.5 Å². The fraction of sp³-hybridized carbons (Fsp3) is 0.346. The van der Waals surface area contributed by atoms with Crippen molar-refractivity contribution in [2.45, 2.75) is 33.9 Å². The second kappa shape index (κ2) is 12.4. The van der Waals surface area contributed by atoms with Gasteiger partial charge in [0.15, 0.2) is 0 Å². The van der Waals surface area contributed by atoms with E-state index in [1.54, 1.807) is 50.2 Å². The lowest BCUT2D eigenvalue weighted by atomic mass is 10.2. The predicted octanol–water partition coefficient (Wildman–Crippen LogP) is 6.33. The first-order valence-corrected chi connectivity index (χ1v) is 14.2. The molecule has 0 aliphatic rings. The van der Waals surface area contributed by atoms with Gasteiger partial charge >= 0.3 is 6.18 Å². The van der Waals surface area contributed by atoms with Gasteiger partial charge in [-0.05, 0) is 42.3 Å². The van der Waals surface area contributed by atoms with Crippen molar-refractivity contribution in [2.24, 2.45) is 5.92 Å². The lowest BCUT2D eigenvalue weighted by Crippen LogP contribution is -2.25. The molecular formula is C26H31F3N5O3P. The molecule has 0 unspecified atom stereocenters. The minimum atomic E-state index is -4.72. The van der Waals surface area contributed by atoms with Crippen LogP contribution in [0.15, 0.2) is 54.7 Å².